The van der Waals surface area contributed by atoms with Gasteiger partial charge in [0, 0.05) is 17.8 Å². The minimum Gasteiger partial charge on any atom is -0.459 e. The van der Waals surface area contributed by atoms with E-state index in [1.54, 1.807) is 43.0 Å². The fourth-order valence-corrected chi connectivity index (χ4v) is 3.30. The standard InChI is InChI=1S/C21H21N5O3/c1-14(2)29-21(28)17-8-5-7-16(12-17)20-22-24-26(23-20)13-19(27)25-11-10-15-6-3-4-9-18(15)25/h3-9,12,14H,10-11,13H2,1-2H3. The lowest BCUT2D eigenvalue weighted by molar-refractivity contribution is -0.119. The third-order valence-electron chi connectivity index (χ3n) is 4.62. The van der Waals surface area contributed by atoms with Crippen LogP contribution in [0.2, 0.25) is 0 Å². The van der Waals surface area contributed by atoms with Crippen LogP contribution in [0, 0.1) is 0 Å². The van der Waals surface area contributed by atoms with Crippen molar-refractivity contribution in [1.82, 2.24) is 20.2 Å². The van der Waals surface area contributed by atoms with E-state index in [0.29, 0.717) is 23.5 Å². The summed E-state index contributed by atoms with van der Waals surface area (Å²) < 4.78 is 5.22. The zero-order valence-corrected chi connectivity index (χ0v) is 16.3. The molecular formula is C21H21N5O3. The van der Waals surface area contributed by atoms with E-state index in [1.165, 1.54) is 4.80 Å². The van der Waals surface area contributed by atoms with Crippen LogP contribution in [0.1, 0.15) is 29.8 Å². The Labute approximate surface area is 168 Å². The first-order chi connectivity index (χ1) is 14.0. The minimum atomic E-state index is -0.405. The molecule has 0 saturated heterocycles. The maximum atomic E-state index is 12.7. The molecule has 1 aromatic heterocycles. The van der Waals surface area contributed by atoms with Crippen LogP contribution in [0.15, 0.2) is 48.5 Å². The largest absolute Gasteiger partial charge is 0.459 e. The SMILES string of the molecule is CC(C)OC(=O)c1cccc(-c2nnn(CC(=O)N3CCc4ccccc43)n2)c1. The molecule has 2 aromatic carbocycles. The second-order valence-electron chi connectivity index (χ2n) is 7.10. The number of para-hydroxylation sites is 1. The Hall–Kier alpha value is -3.55. The molecule has 0 radical (unpaired) electrons. The van der Waals surface area contributed by atoms with Gasteiger partial charge in [-0.2, -0.15) is 4.80 Å². The Bertz CT molecular complexity index is 1060. The van der Waals surface area contributed by atoms with Crippen LogP contribution in [0.5, 0.6) is 0 Å². The Kier molecular flexibility index (Phi) is 5.07. The van der Waals surface area contributed by atoms with Gasteiger partial charge in [-0.15, -0.1) is 10.2 Å². The van der Waals surface area contributed by atoms with Crippen LogP contribution < -0.4 is 4.90 Å². The number of carbonyl (C=O) groups excluding carboxylic acids is 2. The van der Waals surface area contributed by atoms with Gasteiger partial charge in [-0.1, -0.05) is 30.3 Å². The van der Waals surface area contributed by atoms with Crippen molar-refractivity contribution >= 4 is 17.6 Å². The normalized spacial score (nSPS) is 12.9. The summed E-state index contributed by atoms with van der Waals surface area (Å²) in [5.41, 5.74) is 3.15. The third-order valence-corrected chi connectivity index (χ3v) is 4.62. The monoisotopic (exact) mass is 391 g/mol. The van der Waals surface area contributed by atoms with Gasteiger partial charge in [-0.3, -0.25) is 4.79 Å². The molecule has 0 unspecified atom stereocenters. The van der Waals surface area contributed by atoms with Crippen LogP contribution >= 0.6 is 0 Å². The van der Waals surface area contributed by atoms with Gasteiger partial charge >= 0.3 is 5.97 Å². The van der Waals surface area contributed by atoms with Crippen molar-refractivity contribution in [2.45, 2.75) is 32.9 Å². The Morgan fingerprint density at radius 2 is 1.97 bits per heavy atom. The van der Waals surface area contributed by atoms with Crippen molar-refractivity contribution in [3.63, 3.8) is 0 Å². The van der Waals surface area contributed by atoms with Gasteiger partial charge in [0.15, 0.2) is 0 Å². The third kappa shape index (κ3) is 4.01. The van der Waals surface area contributed by atoms with Crippen molar-refractivity contribution in [2.75, 3.05) is 11.4 Å². The number of hydrogen-bond donors (Lipinski definition) is 0. The number of benzene rings is 2. The molecule has 0 spiro atoms. The Balaban J connectivity index is 1.48. The molecule has 29 heavy (non-hydrogen) atoms. The molecule has 4 rings (SSSR count). The molecule has 0 bridgehead atoms. The van der Waals surface area contributed by atoms with Crippen LogP contribution in [0.25, 0.3) is 11.4 Å². The van der Waals surface area contributed by atoms with Crippen LogP contribution in [0.3, 0.4) is 0 Å². The number of esters is 1. The summed E-state index contributed by atoms with van der Waals surface area (Å²) in [4.78, 5) is 27.8. The van der Waals surface area contributed by atoms with Gasteiger partial charge in [0.1, 0.15) is 6.54 Å². The van der Waals surface area contributed by atoms with Crippen molar-refractivity contribution < 1.29 is 14.3 Å². The van der Waals surface area contributed by atoms with E-state index in [9.17, 15) is 9.59 Å². The van der Waals surface area contributed by atoms with E-state index < -0.39 is 5.97 Å². The lowest BCUT2D eigenvalue weighted by atomic mass is 10.1. The van der Waals surface area contributed by atoms with Crippen LogP contribution in [0.4, 0.5) is 5.69 Å². The quantitative estimate of drug-likeness (QED) is 0.621. The first-order valence-corrected chi connectivity index (χ1v) is 9.49. The van der Waals surface area contributed by atoms with Crippen molar-refractivity contribution in [3.05, 3.63) is 59.7 Å². The fourth-order valence-electron chi connectivity index (χ4n) is 3.30. The highest BCUT2D eigenvalue weighted by Gasteiger charge is 2.25. The van der Waals surface area contributed by atoms with E-state index in [1.807, 2.05) is 24.3 Å². The first-order valence-electron chi connectivity index (χ1n) is 9.49. The maximum absolute atomic E-state index is 12.7. The van der Waals surface area contributed by atoms with Crippen LogP contribution in [-0.2, 0) is 22.5 Å². The van der Waals surface area contributed by atoms with Gasteiger partial charge in [0.25, 0.3) is 5.91 Å². The van der Waals surface area contributed by atoms with E-state index in [4.69, 9.17) is 4.74 Å². The summed E-state index contributed by atoms with van der Waals surface area (Å²) in [6.45, 7) is 4.24. The van der Waals surface area contributed by atoms with Gasteiger partial charge < -0.3 is 9.64 Å². The highest BCUT2D eigenvalue weighted by Crippen LogP contribution is 2.27. The molecule has 1 amide bonds. The van der Waals surface area contributed by atoms with Gasteiger partial charge in [-0.25, -0.2) is 4.79 Å². The van der Waals surface area contributed by atoms with E-state index in [0.717, 1.165) is 17.7 Å². The molecule has 1 aliphatic rings. The molecule has 1 aliphatic heterocycles. The van der Waals surface area contributed by atoms with Crippen molar-refractivity contribution in [3.8, 4) is 11.4 Å². The fraction of sp³-hybridized carbons (Fsp3) is 0.286. The average Bonchev–Trinajstić information content (AvgIpc) is 3.34. The molecule has 8 heteroatoms. The average molecular weight is 391 g/mol. The lowest BCUT2D eigenvalue weighted by Crippen LogP contribution is -2.32. The summed E-state index contributed by atoms with van der Waals surface area (Å²) >= 11 is 0. The zero-order valence-electron chi connectivity index (χ0n) is 16.3. The second kappa shape index (κ2) is 7.83. The number of rotatable bonds is 5. The summed E-state index contributed by atoms with van der Waals surface area (Å²) in [6.07, 6.45) is 0.643. The number of fused-ring (bicyclic) bond motifs is 1. The predicted octanol–water partition coefficient (Wildman–Crippen LogP) is 2.49. The van der Waals surface area contributed by atoms with Gasteiger partial charge in [-0.05, 0) is 49.2 Å². The number of amides is 1. The molecule has 0 saturated carbocycles. The van der Waals surface area contributed by atoms with E-state index in [2.05, 4.69) is 15.4 Å². The maximum Gasteiger partial charge on any atom is 0.338 e. The second-order valence-corrected chi connectivity index (χ2v) is 7.10. The lowest BCUT2D eigenvalue weighted by Gasteiger charge is -2.16. The topological polar surface area (TPSA) is 90.2 Å². The number of ether oxygens (including phenoxy) is 1. The molecule has 8 nitrogen and oxygen atoms in total. The molecule has 0 N–H and O–H groups in total. The highest BCUT2D eigenvalue weighted by molar-refractivity contribution is 5.95. The van der Waals surface area contributed by atoms with Crippen LogP contribution in [-0.4, -0.2) is 44.7 Å². The molecule has 0 fully saturated rings. The molecule has 0 atom stereocenters. The predicted molar refractivity (Wildman–Crippen MR) is 106 cm³/mol. The molecule has 3 aromatic rings. The number of anilines is 1. The smallest absolute Gasteiger partial charge is 0.338 e. The van der Waals surface area contributed by atoms with E-state index in [-0.39, 0.29) is 18.6 Å². The van der Waals surface area contributed by atoms with Gasteiger partial charge in [0.2, 0.25) is 5.82 Å². The number of aromatic nitrogens is 4. The zero-order chi connectivity index (χ0) is 20.4. The molecule has 148 valence electrons. The first kappa shape index (κ1) is 18.8. The molecule has 2 heterocycles. The van der Waals surface area contributed by atoms with Crippen molar-refractivity contribution in [2.24, 2.45) is 0 Å². The summed E-state index contributed by atoms with van der Waals surface area (Å²) in [7, 11) is 0. The minimum absolute atomic E-state index is 0.00356. The Morgan fingerprint density at radius 3 is 2.79 bits per heavy atom. The summed E-state index contributed by atoms with van der Waals surface area (Å²) in [6, 6.07) is 14.7. The summed E-state index contributed by atoms with van der Waals surface area (Å²) in [5.74, 6) is -0.149. The van der Waals surface area contributed by atoms with Gasteiger partial charge in [0.05, 0.1) is 11.7 Å². The number of carbonyl (C=O) groups is 2. The summed E-state index contributed by atoms with van der Waals surface area (Å²) in [5, 5.41) is 12.3. The Morgan fingerprint density at radius 1 is 1.14 bits per heavy atom. The number of nitrogens with zero attached hydrogens (tertiary/aromatic N) is 5. The highest BCUT2D eigenvalue weighted by atomic mass is 16.5. The number of hydrogen-bond acceptors (Lipinski definition) is 6. The molecular weight excluding hydrogens is 370 g/mol. The number of tetrazole rings is 1. The molecule has 0 aliphatic carbocycles. The van der Waals surface area contributed by atoms with Crippen molar-refractivity contribution in [1.29, 1.82) is 0 Å². The van der Waals surface area contributed by atoms with E-state index >= 15 is 0 Å².